The van der Waals surface area contributed by atoms with Crippen molar-refractivity contribution in [3.63, 3.8) is 0 Å². The van der Waals surface area contributed by atoms with Gasteiger partial charge in [0, 0.05) is 18.7 Å². The molecule has 20 heavy (non-hydrogen) atoms. The summed E-state index contributed by atoms with van der Waals surface area (Å²) < 4.78 is 32.2. The zero-order chi connectivity index (χ0) is 15.0. The number of hydrogen-bond acceptors (Lipinski definition) is 3. The van der Waals surface area contributed by atoms with Gasteiger partial charge in [-0.05, 0) is 38.1 Å². The van der Waals surface area contributed by atoms with Crippen molar-refractivity contribution in [1.29, 1.82) is 0 Å². The smallest absolute Gasteiger partial charge is 0.243 e. The van der Waals surface area contributed by atoms with Crippen LogP contribution in [0.15, 0.2) is 29.2 Å². The van der Waals surface area contributed by atoms with Crippen molar-refractivity contribution in [2.45, 2.75) is 38.2 Å². The molecule has 0 aliphatic carbocycles. The lowest BCUT2D eigenvalue weighted by Gasteiger charge is -2.28. The van der Waals surface area contributed by atoms with E-state index >= 15 is 0 Å². The van der Waals surface area contributed by atoms with E-state index in [0.717, 1.165) is 11.3 Å². The molecular formula is C15H21NO3S. The molecule has 0 saturated heterocycles. The number of ether oxygens (including phenoxy) is 1. The highest BCUT2D eigenvalue weighted by Gasteiger charge is 2.25. The monoisotopic (exact) mass is 295 g/mol. The molecule has 0 aromatic heterocycles. The lowest BCUT2D eigenvalue weighted by molar-refractivity contribution is 0.159. The maximum Gasteiger partial charge on any atom is 0.243 e. The van der Waals surface area contributed by atoms with E-state index in [-0.39, 0.29) is 5.60 Å². The second-order valence-electron chi connectivity index (χ2n) is 5.33. The highest BCUT2D eigenvalue weighted by molar-refractivity contribution is 7.89. The first kappa shape index (κ1) is 15.1. The van der Waals surface area contributed by atoms with E-state index in [1.807, 2.05) is 39.8 Å². The average Bonchev–Trinajstić information content (AvgIpc) is 2.38. The van der Waals surface area contributed by atoms with Crippen LogP contribution in [0.2, 0.25) is 0 Å². The number of nitrogens with zero attached hydrogens (tertiary/aromatic N) is 1. The van der Waals surface area contributed by atoms with Crippen LogP contribution >= 0.6 is 0 Å². The Morgan fingerprint density at radius 2 is 1.85 bits per heavy atom. The van der Waals surface area contributed by atoms with Gasteiger partial charge < -0.3 is 4.74 Å². The van der Waals surface area contributed by atoms with E-state index in [2.05, 4.69) is 0 Å². The molecule has 0 atom stereocenters. The Morgan fingerprint density at radius 1 is 1.20 bits per heavy atom. The summed E-state index contributed by atoms with van der Waals surface area (Å²) in [6, 6.07) is 5.02. The second kappa shape index (κ2) is 5.22. The van der Waals surface area contributed by atoms with Gasteiger partial charge in [-0.1, -0.05) is 19.9 Å². The van der Waals surface area contributed by atoms with Gasteiger partial charge in [-0.25, -0.2) is 8.42 Å². The van der Waals surface area contributed by atoms with Crippen LogP contribution in [0.3, 0.4) is 0 Å². The molecule has 0 saturated carbocycles. The molecule has 4 nitrogen and oxygen atoms in total. The fourth-order valence-corrected chi connectivity index (χ4v) is 3.72. The zero-order valence-electron chi connectivity index (χ0n) is 12.4. The molecule has 1 aliphatic rings. The normalized spacial score (nSPS) is 16.9. The molecule has 0 radical (unpaired) electrons. The Kier molecular flexibility index (Phi) is 3.93. The maximum atomic E-state index is 12.5. The third kappa shape index (κ3) is 2.74. The summed E-state index contributed by atoms with van der Waals surface area (Å²) in [6.07, 6.45) is 3.85. The summed E-state index contributed by atoms with van der Waals surface area (Å²) >= 11 is 0. The Labute approximate surface area is 121 Å². The van der Waals surface area contributed by atoms with E-state index < -0.39 is 10.0 Å². The Bertz CT molecular complexity index is 629. The molecule has 0 unspecified atom stereocenters. The van der Waals surface area contributed by atoms with Crippen molar-refractivity contribution in [2.75, 3.05) is 13.1 Å². The lowest BCUT2D eigenvalue weighted by atomic mass is 10.0. The zero-order valence-corrected chi connectivity index (χ0v) is 13.2. The van der Waals surface area contributed by atoms with Crippen LogP contribution in [-0.4, -0.2) is 31.4 Å². The van der Waals surface area contributed by atoms with Crippen molar-refractivity contribution in [2.24, 2.45) is 0 Å². The molecular weight excluding hydrogens is 274 g/mol. The van der Waals surface area contributed by atoms with Gasteiger partial charge >= 0.3 is 0 Å². The van der Waals surface area contributed by atoms with Gasteiger partial charge in [-0.2, -0.15) is 4.31 Å². The van der Waals surface area contributed by atoms with Crippen molar-refractivity contribution < 1.29 is 13.2 Å². The SMILES string of the molecule is CCN(CC)S(=O)(=O)c1ccc2c(c1)C=CC(C)(C)O2. The molecule has 2 rings (SSSR count). The summed E-state index contributed by atoms with van der Waals surface area (Å²) in [4.78, 5) is 0.313. The third-order valence-electron chi connectivity index (χ3n) is 3.36. The summed E-state index contributed by atoms with van der Waals surface area (Å²) in [5.74, 6) is 0.719. The standard InChI is InChI=1S/C15H21NO3S/c1-5-16(6-2)20(17,18)13-7-8-14-12(11-13)9-10-15(3,4)19-14/h7-11H,5-6H2,1-4H3. The minimum absolute atomic E-state index is 0.313. The highest BCUT2D eigenvalue weighted by Crippen LogP contribution is 2.32. The minimum Gasteiger partial charge on any atom is -0.483 e. The van der Waals surface area contributed by atoms with Gasteiger partial charge in [-0.3, -0.25) is 0 Å². The average molecular weight is 295 g/mol. The van der Waals surface area contributed by atoms with E-state index in [4.69, 9.17) is 4.74 Å². The van der Waals surface area contributed by atoms with Crippen LogP contribution in [0.1, 0.15) is 33.3 Å². The third-order valence-corrected chi connectivity index (χ3v) is 5.41. The molecule has 0 N–H and O–H groups in total. The van der Waals surface area contributed by atoms with Crippen LogP contribution in [0.5, 0.6) is 5.75 Å². The topological polar surface area (TPSA) is 46.6 Å². The van der Waals surface area contributed by atoms with Crippen LogP contribution in [0.25, 0.3) is 6.08 Å². The van der Waals surface area contributed by atoms with Gasteiger partial charge in [0.1, 0.15) is 11.4 Å². The van der Waals surface area contributed by atoms with E-state index in [0.29, 0.717) is 18.0 Å². The fourth-order valence-electron chi connectivity index (χ4n) is 2.23. The summed E-state index contributed by atoms with van der Waals surface area (Å²) in [5.41, 5.74) is 0.448. The first-order chi connectivity index (χ1) is 9.30. The van der Waals surface area contributed by atoms with Crippen molar-refractivity contribution in [1.82, 2.24) is 4.31 Å². The molecule has 1 heterocycles. The molecule has 1 aromatic carbocycles. The van der Waals surface area contributed by atoms with Gasteiger partial charge in [0.25, 0.3) is 0 Å². The molecule has 1 aliphatic heterocycles. The summed E-state index contributed by atoms with van der Waals surface area (Å²) in [6.45, 7) is 8.54. The van der Waals surface area contributed by atoms with Gasteiger partial charge in [0.05, 0.1) is 4.90 Å². The van der Waals surface area contributed by atoms with Crippen LogP contribution in [0, 0.1) is 0 Å². The van der Waals surface area contributed by atoms with Gasteiger partial charge in [-0.15, -0.1) is 0 Å². The summed E-state index contributed by atoms with van der Waals surface area (Å²) in [5, 5.41) is 0. The number of rotatable bonds is 4. The fraction of sp³-hybridized carbons (Fsp3) is 0.467. The van der Waals surface area contributed by atoms with Crippen molar-refractivity contribution in [3.8, 4) is 5.75 Å². The lowest BCUT2D eigenvalue weighted by Crippen LogP contribution is -2.31. The molecule has 0 spiro atoms. The molecule has 5 heteroatoms. The van der Waals surface area contributed by atoms with Crippen molar-refractivity contribution in [3.05, 3.63) is 29.8 Å². The van der Waals surface area contributed by atoms with Crippen molar-refractivity contribution >= 4 is 16.1 Å². The first-order valence-electron chi connectivity index (χ1n) is 6.82. The Balaban J connectivity index is 2.43. The number of benzene rings is 1. The number of fused-ring (bicyclic) bond motifs is 1. The van der Waals surface area contributed by atoms with Gasteiger partial charge in [0.2, 0.25) is 10.0 Å². The second-order valence-corrected chi connectivity index (χ2v) is 7.27. The molecule has 1 aromatic rings. The summed E-state index contributed by atoms with van der Waals surface area (Å²) in [7, 11) is -3.42. The van der Waals surface area contributed by atoms with E-state index in [1.54, 1.807) is 18.2 Å². The molecule has 0 bridgehead atoms. The predicted molar refractivity (Wildman–Crippen MR) is 80.3 cm³/mol. The predicted octanol–water partition coefficient (Wildman–Crippen LogP) is 2.90. The number of hydrogen-bond donors (Lipinski definition) is 0. The van der Waals surface area contributed by atoms with E-state index in [9.17, 15) is 8.42 Å². The first-order valence-corrected chi connectivity index (χ1v) is 8.26. The van der Waals surface area contributed by atoms with E-state index in [1.165, 1.54) is 4.31 Å². The Hall–Kier alpha value is -1.33. The molecule has 0 amide bonds. The van der Waals surface area contributed by atoms with Crippen LogP contribution < -0.4 is 4.74 Å². The van der Waals surface area contributed by atoms with Crippen LogP contribution in [-0.2, 0) is 10.0 Å². The minimum atomic E-state index is -3.42. The van der Waals surface area contributed by atoms with Gasteiger partial charge in [0.15, 0.2) is 0 Å². The van der Waals surface area contributed by atoms with Crippen LogP contribution in [0.4, 0.5) is 0 Å². The molecule has 0 fully saturated rings. The number of sulfonamides is 1. The Morgan fingerprint density at radius 3 is 2.45 bits per heavy atom. The quantitative estimate of drug-likeness (QED) is 0.858. The highest BCUT2D eigenvalue weighted by atomic mass is 32.2. The maximum absolute atomic E-state index is 12.5. The largest absolute Gasteiger partial charge is 0.483 e. The molecule has 110 valence electrons.